The van der Waals surface area contributed by atoms with E-state index in [1.807, 2.05) is 6.92 Å². The topological polar surface area (TPSA) is 58.2 Å². The summed E-state index contributed by atoms with van der Waals surface area (Å²) in [6.07, 6.45) is 7.04. The van der Waals surface area contributed by atoms with Crippen LogP contribution in [0.2, 0.25) is 0 Å². The zero-order chi connectivity index (χ0) is 11.8. The first-order valence-corrected chi connectivity index (χ1v) is 6.30. The molecule has 0 bridgehead atoms. The first kappa shape index (κ1) is 13.0. The average Bonchev–Trinajstić information content (AvgIpc) is 2.78. The lowest BCUT2D eigenvalue weighted by Gasteiger charge is -2.09. The van der Waals surface area contributed by atoms with Crippen LogP contribution in [-0.2, 0) is 9.59 Å². The Morgan fingerprint density at radius 2 is 1.62 bits per heavy atom. The summed E-state index contributed by atoms with van der Waals surface area (Å²) in [7, 11) is 0. The van der Waals surface area contributed by atoms with Gasteiger partial charge in [0.25, 0.3) is 0 Å². The van der Waals surface area contributed by atoms with Crippen molar-refractivity contribution in [2.75, 3.05) is 13.1 Å². The van der Waals surface area contributed by atoms with Gasteiger partial charge in [-0.1, -0.05) is 32.6 Å². The van der Waals surface area contributed by atoms with Gasteiger partial charge in [-0.3, -0.25) is 9.59 Å². The Labute approximate surface area is 97.2 Å². The lowest BCUT2D eigenvalue weighted by atomic mass is 10.0. The third kappa shape index (κ3) is 4.64. The Morgan fingerprint density at radius 3 is 2.19 bits per heavy atom. The second kappa shape index (κ2) is 7.25. The highest BCUT2D eigenvalue weighted by molar-refractivity contribution is 6.35. The number of rotatable bonds is 5. The predicted molar refractivity (Wildman–Crippen MR) is 62.9 cm³/mol. The van der Waals surface area contributed by atoms with Gasteiger partial charge in [-0.05, 0) is 18.8 Å². The van der Waals surface area contributed by atoms with Crippen molar-refractivity contribution in [3.8, 4) is 0 Å². The van der Waals surface area contributed by atoms with E-state index in [1.54, 1.807) is 0 Å². The van der Waals surface area contributed by atoms with E-state index >= 15 is 0 Å². The van der Waals surface area contributed by atoms with Crippen LogP contribution < -0.4 is 10.6 Å². The van der Waals surface area contributed by atoms with Gasteiger partial charge in [-0.25, -0.2) is 0 Å². The monoisotopic (exact) mass is 226 g/mol. The second-order valence-electron chi connectivity index (χ2n) is 4.45. The van der Waals surface area contributed by atoms with Crippen molar-refractivity contribution in [3.63, 3.8) is 0 Å². The van der Waals surface area contributed by atoms with Crippen LogP contribution in [0.15, 0.2) is 0 Å². The van der Waals surface area contributed by atoms with Crippen LogP contribution in [-0.4, -0.2) is 24.9 Å². The zero-order valence-electron chi connectivity index (χ0n) is 10.1. The van der Waals surface area contributed by atoms with Crippen molar-refractivity contribution in [3.05, 3.63) is 0 Å². The Morgan fingerprint density at radius 1 is 1.06 bits per heavy atom. The van der Waals surface area contributed by atoms with Crippen molar-refractivity contribution in [2.24, 2.45) is 5.92 Å². The molecule has 0 atom stereocenters. The molecule has 0 aromatic heterocycles. The Kier molecular flexibility index (Phi) is 5.90. The van der Waals surface area contributed by atoms with Crippen LogP contribution in [0.4, 0.5) is 0 Å². The molecule has 0 aromatic carbocycles. The fourth-order valence-electron chi connectivity index (χ4n) is 2.09. The molecule has 2 amide bonds. The van der Waals surface area contributed by atoms with Gasteiger partial charge in [-0.2, -0.15) is 0 Å². The van der Waals surface area contributed by atoms with Crippen molar-refractivity contribution in [2.45, 2.75) is 45.4 Å². The van der Waals surface area contributed by atoms with Crippen LogP contribution in [0, 0.1) is 5.92 Å². The number of amides is 2. The molecule has 0 heterocycles. The molecule has 4 nitrogen and oxygen atoms in total. The van der Waals surface area contributed by atoms with Gasteiger partial charge in [0.2, 0.25) is 0 Å². The normalized spacial score (nSPS) is 16.1. The van der Waals surface area contributed by atoms with E-state index in [0.717, 1.165) is 18.8 Å². The minimum absolute atomic E-state index is 0.494. The lowest BCUT2D eigenvalue weighted by Crippen LogP contribution is -2.40. The van der Waals surface area contributed by atoms with Crippen molar-refractivity contribution >= 4 is 11.8 Å². The standard InChI is InChI=1S/C12H22N2O2/c1-2-8-13-11(15)12(16)14-9-7-10-5-3-4-6-10/h10H,2-9H2,1H3,(H,13,15)(H,14,16). The molecule has 92 valence electrons. The fraction of sp³-hybridized carbons (Fsp3) is 0.833. The maximum Gasteiger partial charge on any atom is 0.309 e. The summed E-state index contributed by atoms with van der Waals surface area (Å²) in [6, 6.07) is 0. The van der Waals surface area contributed by atoms with Gasteiger partial charge >= 0.3 is 11.8 Å². The molecule has 1 aliphatic carbocycles. The minimum Gasteiger partial charge on any atom is -0.348 e. The highest BCUT2D eigenvalue weighted by Crippen LogP contribution is 2.26. The molecule has 16 heavy (non-hydrogen) atoms. The number of carbonyl (C=O) groups is 2. The third-order valence-electron chi connectivity index (χ3n) is 3.05. The first-order valence-electron chi connectivity index (χ1n) is 6.30. The lowest BCUT2D eigenvalue weighted by molar-refractivity contribution is -0.139. The maximum absolute atomic E-state index is 11.3. The van der Waals surface area contributed by atoms with Gasteiger partial charge in [0.05, 0.1) is 0 Å². The fourth-order valence-corrected chi connectivity index (χ4v) is 2.09. The van der Waals surface area contributed by atoms with E-state index in [-0.39, 0.29) is 0 Å². The molecule has 0 aliphatic heterocycles. The molecule has 0 radical (unpaired) electrons. The maximum atomic E-state index is 11.3. The predicted octanol–water partition coefficient (Wildman–Crippen LogP) is 1.21. The molecule has 0 spiro atoms. The van der Waals surface area contributed by atoms with E-state index in [1.165, 1.54) is 25.7 Å². The van der Waals surface area contributed by atoms with Crippen molar-refractivity contribution < 1.29 is 9.59 Å². The van der Waals surface area contributed by atoms with Gasteiger partial charge in [-0.15, -0.1) is 0 Å². The van der Waals surface area contributed by atoms with E-state index < -0.39 is 11.8 Å². The van der Waals surface area contributed by atoms with Gasteiger partial charge in [0.15, 0.2) is 0 Å². The Hall–Kier alpha value is -1.06. The summed E-state index contributed by atoms with van der Waals surface area (Å²) < 4.78 is 0. The van der Waals surface area contributed by atoms with Crippen LogP contribution in [0.5, 0.6) is 0 Å². The van der Waals surface area contributed by atoms with Crippen LogP contribution >= 0.6 is 0 Å². The summed E-state index contributed by atoms with van der Waals surface area (Å²) in [6.45, 7) is 3.15. The molecule has 1 saturated carbocycles. The minimum atomic E-state index is -0.506. The molecule has 0 aromatic rings. The summed E-state index contributed by atoms with van der Waals surface area (Å²) in [5, 5.41) is 5.23. The van der Waals surface area contributed by atoms with E-state index in [0.29, 0.717) is 13.1 Å². The van der Waals surface area contributed by atoms with E-state index in [2.05, 4.69) is 10.6 Å². The summed E-state index contributed by atoms with van der Waals surface area (Å²) in [5.41, 5.74) is 0. The number of hydrogen-bond acceptors (Lipinski definition) is 2. The smallest absolute Gasteiger partial charge is 0.309 e. The highest BCUT2D eigenvalue weighted by Gasteiger charge is 2.16. The Balaban J connectivity index is 2.06. The Bertz CT molecular complexity index is 235. The van der Waals surface area contributed by atoms with Gasteiger partial charge < -0.3 is 10.6 Å². The molecular formula is C12H22N2O2. The van der Waals surface area contributed by atoms with Gasteiger partial charge in [0, 0.05) is 13.1 Å². The average molecular weight is 226 g/mol. The largest absolute Gasteiger partial charge is 0.348 e. The molecule has 0 unspecified atom stereocenters. The molecule has 2 N–H and O–H groups in total. The summed E-state index contributed by atoms with van der Waals surface area (Å²) >= 11 is 0. The van der Waals surface area contributed by atoms with Crippen molar-refractivity contribution in [1.82, 2.24) is 10.6 Å². The van der Waals surface area contributed by atoms with E-state index in [9.17, 15) is 9.59 Å². The zero-order valence-corrected chi connectivity index (χ0v) is 10.1. The molecule has 4 heteroatoms. The molecule has 0 saturated heterocycles. The molecule has 1 fully saturated rings. The molecule has 1 aliphatic rings. The van der Waals surface area contributed by atoms with Crippen LogP contribution in [0.25, 0.3) is 0 Å². The first-order chi connectivity index (χ1) is 7.74. The van der Waals surface area contributed by atoms with Crippen LogP contribution in [0.1, 0.15) is 45.4 Å². The third-order valence-corrected chi connectivity index (χ3v) is 3.05. The van der Waals surface area contributed by atoms with Crippen molar-refractivity contribution in [1.29, 1.82) is 0 Å². The molecule has 1 rings (SSSR count). The van der Waals surface area contributed by atoms with E-state index in [4.69, 9.17) is 0 Å². The van der Waals surface area contributed by atoms with Crippen LogP contribution in [0.3, 0.4) is 0 Å². The number of nitrogens with one attached hydrogen (secondary N) is 2. The SMILES string of the molecule is CCCNC(=O)C(=O)NCCC1CCCC1. The quantitative estimate of drug-likeness (QED) is 0.692. The highest BCUT2D eigenvalue weighted by atomic mass is 16.2. The number of hydrogen-bond donors (Lipinski definition) is 2. The summed E-state index contributed by atoms with van der Waals surface area (Å²) in [4.78, 5) is 22.5. The summed E-state index contributed by atoms with van der Waals surface area (Å²) in [5.74, 6) is -0.251. The second-order valence-corrected chi connectivity index (χ2v) is 4.45. The molecular weight excluding hydrogens is 204 g/mol. The van der Waals surface area contributed by atoms with Gasteiger partial charge in [0.1, 0.15) is 0 Å². The number of carbonyl (C=O) groups excluding carboxylic acids is 2.